The van der Waals surface area contributed by atoms with Crippen molar-refractivity contribution in [2.24, 2.45) is 0 Å². The van der Waals surface area contributed by atoms with E-state index in [-0.39, 0.29) is 30.3 Å². The number of cyclic esters (lactones) is 1. The van der Waals surface area contributed by atoms with Gasteiger partial charge in [-0.05, 0) is 6.42 Å². The fourth-order valence-corrected chi connectivity index (χ4v) is 2.03. The number of ketones is 1. The van der Waals surface area contributed by atoms with Gasteiger partial charge in [-0.2, -0.15) is 0 Å². The molecule has 1 saturated heterocycles. The Labute approximate surface area is 91.2 Å². The number of rotatable bonds is 3. The highest BCUT2D eigenvalue weighted by atomic mass is 32.2. The van der Waals surface area contributed by atoms with E-state index in [4.69, 9.17) is 9.84 Å². The van der Waals surface area contributed by atoms with E-state index < -0.39 is 11.4 Å². The molecule has 0 spiro atoms. The highest BCUT2D eigenvalue weighted by Crippen LogP contribution is 2.21. The fourth-order valence-electron chi connectivity index (χ4n) is 1.22. The van der Waals surface area contributed by atoms with Gasteiger partial charge in [0.15, 0.2) is 5.44 Å². The molecule has 1 heterocycles. The summed E-state index contributed by atoms with van der Waals surface area (Å²) in [6, 6.07) is 0. The Morgan fingerprint density at radius 1 is 1.47 bits per heavy atom. The van der Waals surface area contributed by atoms with E-state index in [0.717, 1.165) is 11.8 Å². The molecule has 0 bridgehead atoms. The van der Waals surface area contributed by atoms with Crippen LogP contribution >= 0.6 is 11.8 Å². The summed E-state index contributed by atoms with van der Waals surface area (Å²) in [5.41, 5.74) is -0.638. The molecule has 1 unspecified atom stereocenters. The predicted molar refractivity (Wildman–Crippen MR) is 53.4 cm³/mol. The molecule has 6 heteroatoms. The van der Waals surface area contributed by atoms with Crippen LogP contribution in [0.2, 0.25) is 0 Å². The molecular weight excluding hydrogens is 220 g/mol. The van der Waals surface area contributed by atoms with Crippen LogP contribution in [0.5, 0.6) is 0 Å². The standard InChI is InChI=1S/C9H12O5S/c10-6-2-1-3-8(13)14-9(4-6)15-5-7(11)12/h9H,1-5H2,(H,11,12). The minimum Gasteiger partial charge on any atom is -0.481 e. The van der Waals surface area contributed by atoms with Gasteiger partial charge in [-0.3, -0.25) is 14.4 Å². The summed E-state index contributed by atoms with van der Waals surface area (Å²) in [4.78, 5) is 32.7. The molecule has 1 fully saturated rings. The van der Waals surface area contributed by atoms with E-state index in [2.05, 4.69) is 0 Å². The Bertz CT molecular complexity index is 258. The van der Waals surface area contributed by atoms with Gasteiger partial charge in [-0.25, -0.2) is 0 Å². The van der Waals surface area contributed by atoms with Crippen LogP contribution in [0.25, 0.3) is 0 Å². The van der Waals surface area contributed by atoms with Crippen LogP contribution in [0.15, 0.2) is 0 Å². The lowest BCUT2D eigenvalue weighted by atomic mass is 10.1. The Hall–Kier alpha value is -1.04. The van der Waals surface area contributed by atoms with Crippen molar-refractivity contribution < 1.29 is 24.2 Å². The first-order valence-corrected chi connectivity index (χ1v) is 5.67. The van der Waals surface area contributed by atoms with Gasteiger partial charge in [0.2, 0.25) is 0 Å². The maximum atomic E-state index is 11.2. The number of ether oxygens (including phenoxy) is 1. The summed E-state index contributed by atoms with van der Waals surface area (Å²) < 4.78 is 4.95. The highest BCUT2D eigenvalue weighted by Gasteiger charge is 2.22. The van der Waals surface area contributed by atoms with Crippen molar-refractivity contribution in [2.45, 2.75) is 31.1 Å². The van der Waals surface area contributed by atoms with E-state index >= 15 is 0 Å². The number of carbonyl (C=O) groups is 3. The van der Waals surface area contributed by atoms with Crippen LogP contribution < -0.4 is 0 Å². The van der Waals surface area contributed by atoms with E-state index in [0.29, 0.717) is 12.8 Å². The van der Waals surface area contributed by atoms with Crippen LogP contribution in [-0.2, 0) is 19.1 Å². The Morgan fingerprint density at radius 3 is 2.87 bits per heavy atom. The summed E-state index contributed by atoms with van der Waals surface area (Å²) in [6.07, 6.45) is 1.24. The third-order valence-electron chi connectivity index (χ3n) is 1.89. The second-order valence-electron chi connectivity index (χ2n) is 3.22. The topological polar surface area (TPSA) is 80.7 Å². The zero-order valence-corrected chi connectivity index (χ0v) is 8.92. The Kier molecular flexibility index (Phi) is 4.61. The van der Waals surface area contributed by atoms with Gasteiger partial charge < -0.3 is 9.84 Å². The van der Waals surface area contributed by atoms with Gasteiger partial charge in [-0.15, -0.1) is 11.8 Å². The van der Waals surface area contributed by atoms with Gasteiger partial charge in [0, 0.05) is 12.8 Å². The van der Waals surface area contributed by atoms with Crippen LogP contribution in [-0.4, -0.2) is 34.0 Å². The molecular formula is C9H12O5S. The molecule has 1 aliphatic heterocycles. The highest BCUT2D eigenvalue weighted by molar-refractivity contribution is 8.00. The van der Waals surface area contributed by atoms with Gasteiger partial charge in [0.25, 0.3) is 0 Å². The van der Waals surface area contributed by atoms with Gasteiger partial charge in [0.05, 0.1) is 12.2 Å². The van der Waals surface area contributed by atoms with Crippen LogP contribution in [0, 0.1) is 0 Å². The Morgan fingerprint density at radius 2 is 2.20 bits per heavy atom. The zero-order valence-electron chi connectivity index (χ0n) is 8.10. The molecule has 15 heavy (non-hydrogen) atoms. The maximum absolute atomic E-state index is 11.2. The molecule has 0 radical (unpaired) electrons. The normalized spacial score (nSPS) is 22.8. The molecule has 1 atom stereocenters. The fraction of sp³-hybridized carbons (Fsp3) is 0.667. The average molecular weight is 232 g/mol. The molecule has 0 saturated carbocycles. The second kappa shape index (κ2) is 5.75. The Balaban J connectivity index is 2.46. The van der Waals surface area contributed by atoms with Gasteiger partial charge in [-0.1, -0.05) is 0 Å². The number of hydrogen-bond acceptors (Lipinski definition) is 5. The number of carbonyl (C=O) groups excluding carboxylic acids is 2. The van der Waals surface area contributed by atoms with E-state index in [1.807, 2.05) is 0 Å². The third-order valence-corrected chi connectivity index (χ3v) is 2.93. The first kappa shape index (κ1) is 12.0. The first-order chi connectivity index (χ1) is 7.08. The number of hydrogen-bond donors (Lipinski definition) is 1. The summed E-state index contributed by atoms with van der Waals surface area (Å²) in [5, 5.41) is 8.46. The lowest BCUT2D eigenvalue weighted by Crippen LogP contribution is -2.23. The molecule has 5 nitrogen and oxygen atoms in total. The maximum Gasteiger partial charge on any atom is 0.313 e. The molecule has 0 aliphatic carbocycles. The molecule has 0 aromatic heterocycles. The summed E-state index contributed by atoms with van der Waals surface area (Å²) in [7, 11) is 0. The van der Waals surface area contributed by atoms with E-state index in [9.17, 15) is 14.4 Å². The quantitative estimate of drug-likeness (QED) is 0.725. The summed E-state index contributed by atoms with van der Waals surface area (Å²) >= 11 is 0.972. The molecule has 1 N–H and O–H groups in total. The summed E-state index contributed by atoms with van der Waals surface area (Å²) in [6.45, 7) is 0. The molecule has 1 rings (SSSR count). The third kappa shape index (κ3) is 4.83. The number of thioether (sulfide) groups is 1. The SMILES string of the molecule is O=C(O)CSC1CC(=O)CCCC(=O)O1. The first-order valence-electron chi connectivity index (χ1n) is 4.62. The number of carboxylic acid groups (broad SMARTS) is 1. The van der Waals surface area contributed by atoms with Crippen molar-refractivity contribution in [2.75, 3.05) is 5.75 Å². The number of esters is 1. The van der Waals surface area contributed by atoms with Crippen LogP contribution in [0.4, 0.5) is 0 Å². The van der Waals surface area contributed by atoms with E-state index in [1.165, 1.54) is 0 Å². The molecule has 0 amide bonds. The predicted octanol–water partition coefficient (Wildman–Crippen LogP) is 0.817. The zero-order chi connectivity index (χ0) is 11.3. The van der Waals surface area contributed by atoms with Crippen molar-refractivity contribution >= 4 is 29.5 Å². The number of aliphatic carboxylic acids is 1. The number of carboxylic acids is 1. The lowest BCUT2D eigenvalue weighted by Gasteiger charge is -2.18. The largest absolute Gasteiger partial charge is 0.481 e. The van der Waals surface area contributed by atoms with Crippen molar-refractivity contribution in [1.82, 2.24) is 0 Å². The van der Waals surface area contributed by atoms with E-state index in [1.54, 1.807) is 0 Å². The minimum atomic E-state index is -0.981. The van der Waals surface area contributed by atoms with Crippen LogP contribution in [0.1, 0.15) is 25.7 Å². The smallest absolute Gasteiger partial charge is 0.313 e. The van der Waals surface area contributed by atoms with Crippen molar-refractivity contribution in [3.63, 3.8) is 0 Å². The minimum absolute atomic E-state index is 0.0189. The van der Waals surface area contributed by atoms with Gasteiger partial charge >= 0.3 is 11.9 Å². The molecule has 1 aliphatic rings. The molecule has 0 aromatic carbocycles. The molecule has 84 valence electrons. The monoisotopic (exact) mass is 232 g/mol. The van der Waals surface area contributed by atoms with Crippen molar-refractivity contribution in [3.05, 3.63) is 0 Å². The lowest BCUT2D eigenvalue weighted by molar-refractivity contribution is -0.147. The van der Waals surface area contributed by atoms with Crippen molar-refractivity contribution in [1.29, 1.82) is 0 Å². The summed E-state index contributed by atoms with van der Waals surface area (Å²) in [5.74, 6) is -1.48. The van der Waals surface area contributed by atoms with Crippen molar-refractivity contribution in [3.8, 4) is 0 Å². The van der Waals surface area contributed by atoms with Crippen LogP contribution in [0.3, 0.4) is 0 Å². The second-order valence-corrected chi connectivity index (χ2v) is 4.37. The number of Topliss-reactive ketones (excluding diaryl/α,β-unsaturated/α-hetero) is 1. The average Bonchev–Trinajstić information content (AvgIpc) is 2.11. The molecule has 0 aromatic rings. The van der Waals surface area contributed by atoms with Gasteiger partial charge in [0.1, 0.15) is 5.78 Å².